The van der Waals surface area contributed by atoms with Crippen LogP contribution in [0.3, 0.4) is 0 Å². The number of hydrogen-bond acceptors (Lipinski definition) is 5. The normalized spacial score (nSPS) is 18.1. The molecule has 0 radical (unpaired) electrons. The summed E-state index contributed by atoms with van der Waals surface area (Å²) in [6.07, 6.45) is 1.65. The Balaban J connectivity index is 1.22. The molecule has 2 aromatic carbocycles. The van der Waals surface area contributed by atoms with Gasteiger partial charge in [-0.3, -0.25) is 14.3 Å². The molecule has 1 fully saturated rings. The highest BCUT2D eigenvalue weighted by molar-refractivity contribution is 5.94. The highest BCUT2D eigenvalue weighted by Gasteiger charge is 2.29. The quantitative estimate of drug-likeness (QED) is 0.675. The van der Waals surface area contributed by atoms with Crippen LogP contribution in [0.5, 0.6) is 11.5 Å². The second-order valence-corrected chi connectivity index (χ2v) is 8.11. The van der Waals surface area contributed by atoms with Crippen molar-refractivity contribution in [2.45, 2.75) is 31.8 Å². The molecular formula is C23H26N4O4. The molecule has 162 valence electrons. The van der Waals surface area contributed by atoms with Crippen molar-refractivity contribution in [3.63, 3.8) is 0 Å². The van der Waals surface area contributed by atoms with Gasteiger partial charge >= 0.3 is 5.69 Å². The summed E-state index contributed by atoms with van der Waals surface area (Å²) in [5.41, 5.74) is 2.43. The number of benzene rings is 2. The smallest absolute Gasteiger partial charge is 0.326 e. The van der Waals surface area contributed by atoms with Crippen LogP contribution in [0.25, 0.3) is 11.0 Å². The van der Waals surface area contributed by atoms with Gasteiger partial charge in [0.15, 0.2) is 11.5 Å². The minimum absolute atomic E-state index is 0.0561. The average molecular weight is 422 g/mol. The van der Waals surface area contributed by atoms with Gasteiger partial charge in [0, 0.05) is 30.9 Å². The summed E-state index contributed by atoms with van der Waals surface area (Å²) in [6, 6.07) is 13.1. The molecule has 0 saturated carbocycles. The fourth-order valence-corrected chi connectivity index (χ4v) is 4.50. The van der Waals surface area contributed by atoms with Crippen molar-refractivity contribution in [1.29, 1.82) is 0 Å². The lowest BCUT2D eigenvalue weighted by molar-refractivity contribution is -0.121. The number of imidazole rings is 1. The molecule has 2 N–H and O–H groups in total. The van der Waals surface area contributed by atoms with Gasteiger partial charge in [-0.15, -0.1) is 0 Å². The van der Waals surface area contributed by atoms with Crippen molar-refractivity contribution in [1.82, 2.24) is 14.5 Å². The van der Waals surface area contributed by atoms with Gasteiger partial charge in [0.25, 0.3) is 0 Å². The summed E-state index contributed by atoms with van der Waals surface area (Å²) in [4.78, 5) is 30.4. The van der Waals surface area contributed by atoms with Gasteiger partial charge in [-0.2, -0.15) is 0 Å². The second kappa shape index (κ2) is 8.11. The highest BCUT2D eigenvalue weighted by Crippen LogP contribution is 2.33. The summed E-state index contributed by atoms with van der Waals surface area (Å²) in [5, 5.41) is 2.98. The van der Waals surface area contributed by atoms with Crippen LogP contribution in [0.1, 0.15) is 25.8 Å². The van der Waals surface area contributed by atoms with Crippen LogP contribution in [-0.4, -0.2) is 52.7 Å². The number of nitrogens with one attached hydrogen (secondary N) is 2. The van der Waals surface area contributed by atoms with Crippen molar-refractivity contribution < 1.29 is 14.3 Å². The Hall–Kier alpha value is -3.26. The van der Waals surface area contributed by atoms with E-state index in [2.05, 4.69) is 15.2 Å². The van der Waals surface area contributed by atoms with E-state index < -0.39 is 0 Å². The standard InChI is InChI=1S/C23H26N4O4/c1-15(22(28)24-16-6-7-20-21(14-16)31-13-12-30-20)26-10-8-17(9-11-26)27-19-5-3-2-4-18(19)25-23(27)29/h2-7,14-15,17H,8-13H2,1H3,(H,24,28)(H,25,29)/t15-/m1/s1. The van der Waals surface area contributed by atoms with Crippen molar-refractivity contribution in [2.75, 3.05) is 31.6 Å². The van der Waals surface area contributed by atoms with Crippen molar-refractivity contribution in [2.24, 2.45) is 0 Å². The molecule has 3 heterocycles. The van der Waals surface area contributed by atoms with E-state index in [1.54, 1.807) is 6.07 Å². The van der Waals surface area contributed by atoms with Gasteiger partial charge in [-0.05, 0) is 44.0 Å². The minimum Gasteiger partial charge on any atom is -0.486 e. The molecule has 31 heavy (non-hydrogen) atoms. The summed E-state index contributed by atoms with van der Waals surface area (Å²) >= 11 is 0. The lowest BCUT2D eigenvalue weighted by atomic mass is 10.0. The van der Waals surface area contributed by atoms with E-state index in [9.17, 15) is 9.59 Å². The molecule has 0 unspecified atom stereocenters. The summed E-state index contributed by atoms with van der Waals surface area (Å²) < 4.78 is 13.0. The number of para-hydroxylation sites is 2. The zero-order chi connectivity index (χ0) is 21.4. The maximum absolute atomic E-state index is 12.8. The predicted molar refractivity (Wildman–Crippen MR) is 118 cm³/mol. The first-order valence-electron chi connectivity index (χ1n) is 10.7. The van der Waals surface area contributed by atoms with E-state index >= 15 is 0 Å². The third-order valence-electron chi connectivity index (χ3n) is 6.23. The van der Waals surface area contributed by atoms with Crippen LogP contribution in [0.2, 0.25) is 0 Å². The monoisotopic (exact) mass is 422 g/mol. The molecule has 0 bridgehead atoms. The van der Waals surface area contributed by atoms with Crippen LogP contribution < -0.4 is 20.5 Å². The van der Waals surface area contributed by atoms with E-state index in [1.807, 2.05) is 47.9 Å². The topological polar surface area (TPSA) is 88.6 Å². The molecule has 0 aliphatic carbocycles. The maximum atomic E-state index is 12.8. The van der Waals surface area contributed by atoms with Gasteiger partial charge in [0.2, 0.25) is 5.91 Å². The van der Waals surface area contributed by atoms with Gasteiger partial charge in [-0.25, -0.2) is 4.79 Å². The van der Waals surface area contributed by atoms with Gasteiger partial charge in [0.1, 0.15) is 13.2 Å². The Morgan fingerprint density at radius 3 is 2.65 bits per heavy atom. The van der Waals surface area contributed by atoms with Gasteiger partial charge in [0.05, 0.1) is 17.1 Å². The van der Waals surface area contributed by atoms with Crippen LogP contribution in [0.15, 0.2) is 47.3 Å². The summed E-state index contributed by atoms with van der Waals surface area (Å²) in [5.74, 6) is 1.30. The van der Waals surface area contributed by atoms with Gasteiger partial charge < -0.3 is 19.8 Å². The zero-order valence-corrected chi connectivity index (χ0v) is 17.5. The first kappa shape index (κ1) is 19.7. The minimum atomic E-state index is -0.270. The molecule has 1 atom stereocenters. The molecular weight excluding hydrogens is 396 g/mol. The number of nitrogens with zero attached hydrogens (tertiary/aromatic N) is 2. The lowest BCUT2D eigenvalue weighted by Crippen LogP contribution is -2.46. The van der Waals surface area contributed by atoms with Gasteiger partial charge in [-0.1, -0.05) is 12.1 Å². The number of H-pyrrole nitrogens is 1. The molecule has 1 amide bonds. The Kier molecular flexibility index (Phi) is 5.15. The largest absolute Gasteiger partial charge is 0.486 e. The lowest BCUT2D eigenvalue weighted by Gasteiger charge is -2.35. The SMILES string of the molecule is C[C@H](C(=O)Nc1ccc2c(c1)OCCO2)N1CCC(n2c(=O)[nH]c3ccccc32)CC1. The third-order valence-corrected chi connectivity index (χ3v) is 6.23. The van der Waals surface area contributed by atoms with E-state index in [0.29, 0.717) is 30.4 Å². The highest BCUT2D eigenvalue weighted by atomic mass is 16.6. The summed E-state index contributed by atoms with van der Waals surface area (Å²) in [7, 11) is 0. The van der Waals surface area contributed by atoms with Crippen LogP contribution in [0, 0.1) is 0 Å². The van der Waals surface area contributed by atoms with E-state index in [0.717, 1.165) is 37.0 Å². The predicted octanol–water partition coefficient (Wildman–Crippen LogP) is 2.76. The van der Waals surface area contributed by atoms with Crippen molar-refractivity contribution in [3.05, 3.63) is 52.9 Å². The Morgan fingerprint density at radius 2 is 1.84 bits per heavy atom. The molecule has 5 rings (SSSR count). The number of likely N-dealkylation sites (tertiary alicyclic amines) is 1. The zero-order valence-electron chi connectivity index (χ0n) is 17.5. The Bertz CT molecular complexity index is 1160. The van der Waals surface area contributed by atoms with E-state index in [4.69, 9.17) is 9.47 Å². The van der Waals surface area contributed by atoms with E-state index in [-0.39, 0.29) is 23.7 Å². The van der Waals surface area contributed by atoms with Crippen molar-refractivity contribution >= 4 is 22.6 Å². The number of anilines is 1. The third kappa shape index (κ3) is 3.79. The first-order chi connectivity index (χ1) is 15.1. The van der Waals surface area contributed by atoms with Crippen molar-refractivity contribution in [3.8, 4) is 11.5 Å². The number of carbonyl (C=O) groups excluding carboxylic acids is 1. The average Bonchev–Trinajstić information content (AvgIpc) is 3.14. The molecule has 1 aromatic heterocycles. The second-order valence-electron chi connectivity index (χ2n) is 8.11. The number of amides is 1. The molecule has 1 saturated heterocycles. The molecule has 0 spiro atoms. The fourth-order valence-electron chi connectivity index (χ4n) is 4.50. The molecule has 2 aliphatic rings. The molecule has 3 aromatic rings. The van der Waals surface area contributed by atoms with E-state index in [1.165, 1.54) is 0 Å². The number of ether oxygens (including phenoxy) is 2. The molecule has 2 aliphatic heterocycles. The molecule has 8 heteroatoms. The molecule has 8 nitrogen and oxygen atoms in total. The number of rotatable bonds is 4. The number of hydrogen-bond donors (Lipinski definition) is 2. The Labute approximate surface area is 179 Å². The first-order valence-corrected chi connectivity index (χ1v) is 10.7. The maximum Gasteiger partial charge on any atom is 0.326 e. The Morgan fingerprint density at radius 1 is 1.10 bits per heavy atom. The number of aromatic amines is 1. The summed E-state index contributed by atoms with van der Waals surface area (Å²) in [6.45, 7) is 4.48. The van der Waals surface area contributed by atoms with Crippen LogP contribution >= 0.6 is 0 Å². The van der Waals surface area contributed by atoms with Crippen LogP contribution in [0.4, 0.5) is 5.69 Å². The fraction of sp³-hybridized carbons (Fsp3) is 0.391. The number of carbonyl (C=O) groups is 1. The van der Waals surface area contributed by atoms with Crippen LogP contribution in [-0.2, 0) is 4.79 Å². The number of piperidine rings is 1. The number of fused-ring (bicyclic) bond motifs is 2. The number of aromatic nitrogens is 2.